The minimum absolute atomic E-state index is 0.477. The van der Waals surface area contributed by atoms with E-state index in [0.29, 0.717) is 5.76 Å². The van der Waals surface area contributed by atoms with Gasteiger partial charge >= 0.3 is 0 Å². The van der Waals surface area contributed by atoms with Crippen molar-refractivity contribution in [2.45, 2.75) is 52.9 Å². The molecule has 0 aromatic heterocycles. The second-order valence-corrected chi connectivity index (χ2v) is 5.94. The van der Waals surface area contributed by atoms with Gasteiger partial charge in [0.25, 0.3) is 0 Å². The molecule has 0 aliphatic rings. The molecular formula is C19H28O. The van der Waals surface area contributed by atoms with Crippen molar-refractivity contribution in [2.24, 2.45) is 11.8 Å². The second-order valence-electron chi connectivity index (χ2n) is 5.94. The third kappa shape index (κ3) is 5.81. The van der Waals surface area contributed by atoms with Gasteiger partial charge < -0.3 is 4.74 Å². The van der Waals surface area contributed by atoms with Crippen LogP contribution in [0.5, 0.6) is 0 Å². The Balaban J connectivity index is 2.47. The quantitative estimate of drug-likeness (QED) is 0.554. The largest absolute Gasteiger partial charge is 0.496 e. The Morgan fingerprint density at radius 1 is 1.30 bits per heavy atom. The maximum Gasteiger partial charge on any atom is 0.126 e. The molecule has 0 N–H and O–H groups in total. The molecule has 2 atom stereocenters. The Morgan fingerprint density at radius 2 is 2.00 bits per heavy atom. The molecule has 1 aromatic rings. The Morgan fingerprint density at radius 3 is 2.65 bits per heavy atom. The fraction of sp³-hybridized carbons (Fsp3) is 0.579. The number of aryl methyl sites for hydroxylation is 1. The average molecular weight is 272 g/mol. The molecule has 0 fully saturated rings. The van der Waals surface area contributed by atoms with Crippen molar-refractivity contribution < 1.29 is 4.74 Å². The van der Waals surface area contributed by atoms with E-state index in [1.807, 2.05) is 12.1 Å². The van der Waals surface area contributed by atoms with Crippen LogP contribution in [0.25, 0.3) is 5.76 Å². The van der Waals surface area contributed by atoms with Gasteiger partial charge in [0, 0.05) is 5.56 Å². The van der Waals surface area contributed by atoms with Crippen molar-refractivity contribution in [3.05, 3.63) is 42.0 Å². The first-order valence-corrected chi connectivity index (χ1v) is 7.74. The van der Waals surface area contributed by atoms with Crippen molar-refractivity contribution >= 4 is 5.76 Å². The molecule has 1 aromatic carbocycles. The topological polar surface area (TPSA) is 9.23 Å². The fourth-order valence-electron chi connectivity index (χ4n) is 2.75. The van der Waals surface area contributed by atoms with E-state index in [9.17, 15) is 0 Å². The number of hydrogen-bond acceptors (Lipinski definition) is 1. The summed E-state index contributed by atoms with van der Waals surface area (Å²) in [7, 11) is 1.60. The highest BCUT2D eigenvalue weighted by Gasteiger charge is 2.09. The van der Waals surface area contributed by atoms with E-state index in [1.54, 1.807) is 7.11 Å². The van der Waals surface area contributed by atoms with Crippen LogP contribution in [0.2, 0.25) is 0 Å². The highest BCUT2D eigenvalue weighted by molar-refractivity contribution is 5.56. The smallest absolute Gasteiger partial charge is 0.126 e. The van der Waals surface area contributed by atoms with Gasteiger partial charge in [0.05, 0.1) is 7.11 Å². The van der Waals surface area contributed by atoms with Gasteiger partial charge in [-0.25, -0.2) is 0 Å². The van der Waals surface area contributed by atoms with E-state index in [0.717, 1.165) is 23.8 Å². The molecule has 2 radical (unpaired) electrons. The first-order valence-electron chi connectivity index (χ1n) is 7.74. The van der Waals surface area contributed by atoms with Crippen LogP contribution in [0, 0.1) is 24.5 Å². The normalized spacial score (nSPS) is 13.8. The number of rotatable bonds is 9. The third-order valence-corrected chi connectivity index (χ3v) is 3.86. The van der Waals surface area contributed by atoms with Gasteiger partial charge in [-0.3, -0.25) is 0 Å². The maximum absolute atomic E-state index is 5.80. The molecule has 1 rings (SSSR count). The average Bonchev–Trinajstić information content (AvgIpc) is 2.44. The Kier molecular flexibility index (Phi) is 7.43. The van der Waals surface area contributed by atoms with E-state index in [-0.39, 0.29) is 0 Å². The van der Waals surface area contributed by atoms with Crippen molar-refractivity contribution in [2.75, 3.05) is 7.11 Å². The standard InChI is InChI=1S/C19H28O/c1-6-8-15(2)13-16(3)11-12-18-9-7-10-19(14-18)17(4)20-5/h4,7,10,14-16H,6,8,11-13H2,1-3,5H3. The van der Waals surface area contributed by atoms with Crippen LogP contribution in [-0.4, -0.2) is 7.11 Å². The second kappa shape index (κ2) is 8.84. The van der Waals surface area contributed by atoms with E-state index in [4.69, 9.17) is 11.3 Å². The first-order chi connectivity index (χ1) is 9.56. The zero-order valence-corrected chi connectivity index (χ0v) is 13.4. The van der Waals surface area contributed by atoms with Gasteiger partial charge in [0.15, 0.2) is 0 Å². The number of ether oxygens (including phenoxy) is 1. The minimum atomic E-state index is 0.477. The van der Waals surface area contributed by atoms with Crippen molar-refractivity contribution in [1.29, 1.82) is 0 Å². The third-order valence-electron chi connectivity index (χ3n) is 3.86. The summed E-state index contributed by atoms with van der Waals surface area (Å²) in [5, 5.41) is 0. The van der Waals surface area contributed by atoms with Gasteiger partial charge in [0.2, 0.25) is 0 Å². The van der Waals surface area contributed by atoms with E-state index < -0.39 is 0 Å². The Labute approximate surface area is 125 Å². The van der Waals surface area contributed by atoms with Crippen LogP contribution in [0.1, 0.15) is 57.6 Å². The zero-order chi connectivity index (χ0) is 15.0. The molecule has 2 unspecified atom stereocenters. The predicted molar refractivity (Wildman–Crippen MR) is 86.2 cm³/mol. The van der Waals surface area contributed by atoms with Crippen LogP contribution < -0.4 is 0 Å². The Bertz CT molecular complexity index is 408. The van der Waals surface area contributed by atoms with Gasteiger partial charge in [0.1, 0.15) is 5.76 Å². The molecular weight excluding hydrogens is 244 g/mol. The molecule has 20 heavy (non-hydrogen) atoms. The van der Waals surface area contributed by atoms with Gasteiger partial charge in [-0.05, 0) is 55.4 Å². The van der Waals surface area contributed by atoms with E-state index in [1.165, 1.54) is 31.2 Å². The van der Waals surface area contributed by atoms with Crippen LogP contribution in [0.3, 0.4) is 0 Å². The van der Waals surface area contributed by atoms with Crippen molar-refractivity contribution in [3.63, 3.8) is 0 Å². The van der Waals surface area contributed by atoms with Crippen molar-refractivity contribution in [1.82, 2.24) is 0 Å². The lowest BCUT2D eigenvalue weighted by atomic mass is 9.89. The lowest BCUT2D eigenvalue weighted by Gasteiger charge is -2.16. The number of methoxy groups -OCH3 is 1. The Hall–Kier alpha value is -1.24. The summed E-state index contributed by atoms with van der Waals surface area (Å²) < 4.78 is 5.08. The van der Waals surface area contributed by atoms with Crippen LogP contribution in [-0.2, 0) is 11.2 Å². The first kappa shape index (κ1) is 16.8. The van der Waals surface area contributed by atoms with Crippen LogP contribution >= 0.6 is 0 Å². The molecule has 0 saturated heterocycles. The molecule has 0 amide bonds. The SMILES string of the molecule is [CH]=C(OC)c1cc[c]c(CCC(C)CC(C)CCC)c1. The summed E-state index contributed by atoms with van der Waals surface area (Å²) in [6, 6.07) is 9.25. The molecule has 110 valence electrons. The molecule has 0 bridgehead atoms. The molecule has 0 heterocycles. The molecule has 1 nitrogen and oxygen atoms in total. The predicted octanol–water partition coefficient (Wildman–Crippen LogP) is 5.30. The zero-order valence-electron chi connectivity index (χ0n) is 13.4. The number of hydrogen-bond donors (Lipinski definition) is 0. The highest BCUT2D eigenvalue weighted by Crippen LogP contribution is 2.22. The summed E-state index contributed by atoms with van der Waals surface area (Å²) in [6.45, 7) is 12.8. The van der Waals surface area contributed by atoms with Crippen molar-refractivity contribution in [3.8, 4) is 0 Å². The highest BCUT2D eigenvalue weighted by atomic mass is 16.5. The summed E-state index contributed by atoms with van der Waals surface area (Å²) in [6.07, 6.45) is 6.22. The molecule has 0 spiro atoms. The summed E-state index contributed by atoms with van der Waals surface area (Å²) in [4.78, 5) is 0. The van der Waals surface area contributed by atoms with Crippen LogP contribution in [0.15, 0.2) is 18.2 Å². The fourth-order valence-corrected chi connectivity index (χ4v) is 2.75. The summed E-state index contributed by atoms with van der Waals surface area (Å²) in [5.74, 6) is 2.07. The molecule has 0 aliphatic carbocycles. The monoisotopic (exact) mass is 272 g/mol. The summed E-state index contributed by atoms with van der Waals surface area (Å²) >= 11 is 0. The van der Waals surface area contributed by atoms with Gasteiger partial charge in [-0.1, -0.05) is 45.7 Å². The van der Waals surface area contributed by atoms with Gasteiger partial charge in [-0.15, -0.1) is 0 Å². The lowest BCUT2D eigenvalue weighted by Crippen LogP contribution is -2.04. The van der Waals surface area contributed by atoms with Crippen LogP contribution in [0.4, 0.5) is 0 Å². The molecule has 0 aliphatic heterocycles. The summed E-state index contributed by atoms with van der Waals surface area (Å²) in [5.41, 5.74) is 2.17. The minimum Gasteiger partial charge on any atom is -0.496 e. The molecule has 0 saturated carbocycles. The maximum atomic E-state index is 5.80. The van der Waals surface area contributed by atoms with E-state index >= 15 is 0 Å². The lowest BCUT2D eigenvalue weighted by molar-refractivity contribution is 0.370. The number of benzene rings is 1. The van der Waals surface area contributed by atoms with E-state index in [2.05, 4.69) is 32.9 Å². The van der Waals surface area contributed by atoms with Gasteiger partial charge in [-0.2, -0.15) is 0 Å². The molecule has 1 heteroatoms.